The monoisotopic (exact) mass is 876 g/mol. The molecule has 0 saturated carbocycles. The van der Waals surface area contributed by atoms with Gasteiger partial charge in [-0.15, -0.1) is 0 Å². The number of aromatic nitrogens is 4. The quantitative estimate of drug-likeness (QED) is 0.167. The molecule has 3 heterocycles. The molecule has 12 aromatic rings. The molecule has 328 valence electrons. The van der Waals surface area contributed by atoms with Gasteiger partial charge in [-0.2, -0.15) is 0 Å². The van der Waals surface area contributed by atoms with Crippen LogP contribution < -0.4 is 0 Å². The molecule has 0 aliphatic rings. The number of benzene rings is 9. The van der Waals surface area contributed by atoms with E-state index in [-0.39, 0.29) is 10.8 Å². The average Bonchev–Trinajstić information content (AvgIpc) is 3.88. The maximum absolute atomic E-state index is 5.31. The zero-order valence-electron chi connectivity index (χ0n) is 39.4. The third-order valence-electron chi connectivity index (χ3n) is 13.8. The summed E-state index contributed by atoms with van der Waals surface area (Å²) in [5.41, 5.74) is 19.9. The Kier molecular flexibility index (Phi) is 9.60. The predicted octanol–water partition coefficient (Wildman–Crippen LogP) is 17.1. The molecule has 0 radical (unpaired) electrons. The summed E-state index contributed by atoms with van der Waals surface area (Å²) in [6.07, 6.45) is 0. The number of para-hydroxylation sites is 6. The molecule has 0 saturated heterocycles. The van der Waals surface area contributed by atoms with Gasteiger partial charge in [0.15, 0.2) is 0 Å². The van der Waals surface area contributed by atoms with Crippen LogP contribution in [-0.2, 0) is 10.8 Å². The summed E-state index contributed by atoms with van der Waals surface area (Å²) >= 11 is 0. The second kappa shape index (κ2) is 15.8. The Morgan fingerprint density at radius 3 is 0.926 bits per heavy atom. The molecule has 0 amide bonds. The van der Waals surface area contributed by atoms with Gasteiger partial charge in [-0.3, -0.25) is 0 Å². The summed E-state index contributed by atoms with van der Waals surface area (Å²) in [7, 11) is 0. The van der Waals surface area contributed by atoms with Crippen molar-refractivity contribution in [2.75, 3.05) is 0 Å². The molecule has 0 aliphatic carbocycles. The van der Waals surface area contributed by atoms with Gasteiger partial charge in [0.05, 0.1) is 44.5 Å². The number of hydrogen-bond acceptors (Lipinski definition) is 2. The third kappa shape index (κ3) is 6.90. The lowest BCUT2D eigenvalue weighted by Crippen LogP contribution is -2.13. The third-order valence-corrected chi connectivity index (χ3v) is 13.8. The molecule has 0 fully saturated rings. The van der Waals surface area contributed by atoms with Crippen LogP contribution in [0.5, 0.6) is 0 Å². The molecule has 0 atom stereocenters. The SMILES string of the molecule is CC(C)(C)c1cc(-n2c3ccccc3c3ccccc32)ccc1-c1ccc(-c2nc3ccccc3nc2-c2ccc(-c3ccc(-n4c5ccccc5c5ccccc54)cc3C(C)(C)C)cc2)cc1. The molecule has 0 aliphatic heterocycles. The van der Waals surface area contributed by atoms with Crippen LogP contribution >= 0.6 is 0 Å². The molecule has 12 rings (SSSR count). The smallest absolute Gasteiger partial charge is 0.0973 e. The highest BCUT2D eigenvalue weighted by molar-refractivity contribution is 6.10. The van der Waals surface area contributed by atoms with Gasteiger partial charge in [0.2, 0.25) is 0 Å². The zero-order chi connectivity index (χ0) is 46.3. The van der Waals surface area contributed by atoms with Crippen molar-refractivity contribution in [3.05, 3.63) is 217 Å². The van der Waals surface area contributed by atoms with Crippen LogP contribution in [0.4, 0.5) is 0 Å². The Morgan fingerprint density at radius 1 is 0.309 bits per heavy atom. The van der Waals surface area contributed by atoms with E-state index in [1.807, 2.05) is 12.1 Å². The van der Waals surface area contributed by atoms with Gasteiger partial charge >= 0.3 is 0 Å². The Morgan fingerprint density at radius 2 is 0.603 bits per heavy atom. The van der Waals surface area contributed by atoms with Crippen LogP contribution in [-0.4, -0.2) is 19.1 Å². The van der Waals surface area contributed by atoms with Crippen molar-refractivity contribution < 1.29 is 0 Å². The highest BCUT2D eigenvalue weighted by Crippen LogP contribution is 2.42. The largest absolute Gasteiger partial charge is 0.309 e. The van der Waals surface area contributed by atoms with Crippen molar-refractivity contribution in [1.29, 1.82) is 0 Å². The fourth-order valence-electron chi connectivity index (χ4n) is 10.5. The van der Waals surface area contributed by atoms with Crippen LogP contribution in [0.25, 0.3) is 111 Å². The van der Waals surface area contributed by atoms with Crippen molar-refractivity contribution in [3.8, 4) is 56.1 Å². The van der Waals surface area contributed by atoms with Crippen molar-refractivity contribution in [1.82, 2.24) is 19.1 Å². The first-order chi connectivity index (χ1) is 33.0. The van der Waals surface area contributed by atoms with Gasteiger partial charge < -0.3 is 9.13 Å². The summed E-state index contributed by atoms with van der Waals surface area (Å²) in [6.45, 7) is 13.9. The normalized spacial score (nSPS) is 12.3. The first kappa shape index (κ1) is 41.4. The number of hydrogen-bond donors (Lipinski definition) is 0. The highest BCUT2D eigenvalue weighted by atomic mass is 15.0. The van der Waals surface area contributed by atoms with E-state index in [0.29, 0.717) is 0 Å². The summed E-state index contributed by atoms with van der Waals surface area (Å²) in [5, 5.41) is 5.07. The van der Waals surface area contributed by atoms with E-state index < -0.39 is 0 Å². The van der Waals surface area contributed by atoms with Crippen LogP contribution in [0.2, 0.25) is 0 Å². The summed E-state index contributed by atoms with van der Waals surface area (Å²) in [6, 6.07) is 74.9. The molecule has 9 aromatic carbocycles. The van der Waals surface area contributed by atoms with E-state index in [1.165, 1.54) is 88.4 Å². The lowest BCUT2D eigenvalue weighted by molar-refractivity contribution is 0.591. The van der Waals surface area contributed by atoms with Gasteiger partial charge in [0.25, 0.3) is 0 Å². The molecule has 4 nitrogen and oxygen atoms in total. The molecule has 4 heteroatoms. The van der Waals surface area contributed by atoms with Crippen molar-refractivity contribution in [2.24, 2.45) is 0 Å². The predicted molar refractivity (Wildman–Crippen MR) is 287 cm³/mol. The van der Waals surface area contributed by atoms with Crippen LogP contribution in [0.3, 0.4) is 0 Å². The fourth-order valence-corrected chi connectivity index (χ4v) is 10.5. The fraction of sp³-hybridized carbons (Fsp3) is 0.125. The molecular weight excluding hydrogens is 825 g/mol. The number of rotatable bonds is 6. The van der Waals surface area contributed by atoms with Crippen molar-refractivity contribution >= 4 is 54.6 Å². The first-order valence-corrected chi connectivity index (χ1v) is 23.7. The Bertz CT molecular complexity index is 3540. The van der Waals surface area contributed by atoms with E-state index in [1.54, 1.807) is 0 Å². The minimum Gasteiger partial charge on any atom is -0.309 e. The molecule has 0 unspecified atom stereocenters. The van der Waals surface area contributed by atoms with Gasteiger partial charge in [0.1, 0.15) is 0 Å². The first-order valence-electron chi connectivity index (χ1n) is 23.7. The van der Waals surface area contributed by atoms with Gasteiger partial charge in [-0.25, -0.2) is 9.97 Å². The minimum atomic E-state index is -0.103. The second-order valence-corrected chi connectivity index (χ2v) is 20.3. The van der Waals surface area contributed by atoms with Crippen LogP contribution in [0.1, 0.15) is 52.7 Å². The van der Waals surface area contributed by atoms with E-state index in [9.17, 15) is 0 Å². The zero-order valence-corrected chi connectivity index (χ0v) is 39.4. The van der Waals surface area contributed by atoms with Crippen LogP contribution in [0, 0.1) is 0 Å². The molecule has 68 heavy (non-hydrogen) atoms. The molecule has 0 bridgehead atoms. The standard InChI is InChI=1S/C64H52N4/c1-63(2,3)53-39-45(67-57-23-13-7-17-49(57)50-18-8-14-24-58(50)67)35-37-47(53)41-27-31-43(32-28-41)61-62(66-56-22-12-11-21-55(56)65-61)44-33-29-42(30-34-44)48-38-36-46(40-54(48)64(4,5)6)68-59-25-15-9-19-51(59)52-20-10-16-26-60(52)68/h7-40H,1-6H3. The maximum atomic E-state index is 5.31. The Labute approximate surface area is 397 Å². The van der Waals surface area contributed by atoms with Crippen molar-refractivity contribution in [2.45, 2.75) is 52.4 Å². The lowest BCUT2D eigenvalue weighted by Gasteiger charge is -2.25. The van der Waals surface area contributed by atoms with E-state index in [0.717, 1.165) is 33.5 Å². The molecule has 0 spiro atoms. The summed E-state index contributed by atoms with van der Waals surface area (Å²) in [4.78, 5) is 10.6. The Hall–Kier alpha value is -8.08. The van der Waals surface area contributed by atoms with Gasteiger partial charge in [-0.1, -0.05) is 187 Å². The van der Waals surface area contributed by atoms with Crippen molar-refractivity contribution in [3.63, 3.8) is 0 Å². The topological polar surface area (TPSA) is 35.6 Å². The van der Waals surface area contributed by atoms with Crippen LogP contribution in [0.15, 0.2) is 206 Å². The molecular formula is C64H52N4. The molecule has 3 aromatic heterocycles. The van der Waals surface area contributed by atoms with E-state index >= 15 is 0 Å². The second-order valence-electron chi connectivity index (χ2n) is 20.3. The average molecular weight is 877 g/mol. The lowest BCUT2D eigenvalue weighted by atomic mass is 9.81. The number of nitrogens with zero attached hydrogens (tertiary/aromatic N) is 4. The maximum Gasteiger partial charge on any atom is 0.0973 e. The van der Waals surface area contributed by atoms with Gasteiger partial charge in [0, 0.05) is 44.0 Å². The van der Waals surface area contributed by atoms with E-state index in [4.69, 9.17) is 9.97 Å². The highest BCUT2D eigenvalue weighted by Gasteiger charge is 2.24. The number of fused-ring (bicyclic) bond motifs is 7. The van der Waals surface area contributed by atoms with Gasteiger partial charge in [-0.05, 0) is 105 Å². The summed E-state index contributed by atoms with van der Waals surface area (Å²) < 4.78 is 4.82. The molecule has 0 N–H and O–H groups in total. The Balaban J connectivity index is 0.918. The minimum absolute atomic E-state index is 0.103. The van der Waals surface area contributed by atoms with E-state index in [2.05, 4.69) is 245 Å². The summed E-state index contributed by atoms with van der Waals surface area (Å²) in [5.74, 6) is 0.